The van der Waals surface area contributed by atoms with Gasteiger partial charge in [-0.25, -0.2) is 0 Å². The van der Waals surface area contributed by atoms with E-state index in [0.717, 1.165) is 23.1 Å². The van der Waals surface area contributed by atoms with Crippen molar-refractivity contribution < 1.29 is 18.9 Å². The number of thiophene rings is 1. The highest BCUT2D eigenvalue weighted by atomic mass is 32.1. The van der Waals surface area contributed by atoms with E-state index in [4.69, 9.17) is 10.3 Å². The first kappa shape index (κ1) is 28.0. The van der Waals surface area contributed by atoms with Crippen LogP contribution in [0.5, 0.6) is 0 Å². The van der Waals surface area contributed by atoms with Crippen LogP contribution in [0.4, 0.5) is 0 Å². The van der Waals surface area contributed by atoms with Crippen LogP contribution in [0, 0.1) is 19.8 Å². The van der Waals surface area contributed by atoms with E-state index in [-0.39, 0.29) is 31.2 Å². The van der Waals surface area contributed by atoms with E-state index in [2.05, 4.69) is 19.0 Å². The molecule has 9 heteroatoms. The average Bonchev–Trinajstić information content (AvgIpc) is 3.62. The highest BCUT2D eigenvalue weighted by molar-refractivity contribution is 7.08. The molecule has 0 aliphatic rings. The van der Waals surface area contributed by atoms with Crippen molar-refractivity contribution in [2.24, 2.45) is 11.7 Å². The molecule has 39 heavy (non-hydrogen) atoms. The molecule has 4 rings (SSSR count). The zero-order chi connectivity index (χ0) is 28.1. The molecular weight excluding hydrogens is 512 g/mol. The van der Waals surface area contributed by atoms with Crippen LogP contribution in [-0.4, -0.2) is 38.8 Å². The van der Waals surface area contributed by atoms with Gasteiger partial charge >= 0.3 is 0 Å². The quantitative estimate of drug-likeness (QED) is 0.239. The van der Waals surface area contributed by atoms with E-state index < -0.39 is 5.91 Å². The number of nitrogens with two attached hydrogens (primary N) is 1. The molecule has 0 saturated carbocycles. The molecule has 4 aromatic rings. The second kappa shape index (κ2) is 12.3. The molecule has 204 valence electrons. The molecular formula is C30H34N4O4S. The molecule has 0 saturated heterocycles. The van der Waals surface area contributed by atoms with Crippen LogP contribution in [-0.2, 0) is 24.3 Å². The Labute approximate surface area is 232 Å². The van der Waals surface area contributed by atoms with E-state index in [0.29, 0.717) is 40.9 Å². The zero-order valence-electron chi connectivity index (χ0n) is 22.8. The molecule has 0 radical (unpaired) electrons. The van der Waals surface area contributed by atoms with Crippen LogP contribution in [0.25, 0.3) is 11.3 Å². The van der Waals surface area contributed by atoms with E-state index in [1.807, 2.05) is 51.7 Å². The lowest BCUT2D eigenvalue weighted by Crippen LogP contribution is -2.37. The minimum atomic E-state index is -0.581. The van der Waals surface area contributed by atoms with Gasteiger partial charge in [-0.3, -0.25) is 14.4 Å². The number of carbonyl (C=O) groups is 3. The van der Waals surface area contributed by atoms with Crippen molar-refractivity contribution >= 4 is 28.9 Å². The molecule has 0 atom stereocenters. The standard InChI is InChI=1S/C30H34N4O4S/c1-19(2)10-12-34-20(3)24(30(31)37)15-26(34)27(35)17-33(28(36)14-22-11-13-39-18-22)16-25-21(4)38-32-29(25)23-8-6-5-7-9-23/h5-9,11,13,15,18-19H,10,12,14,16-17H2,1-4H3,(H2,31,37). The number of hydrogen-bond acceptors (Lipinski definition) is 6. The van der Waals surface area contributed by atoms with Gasteiger partial charge in [0.05, 0.1) is 30.8 Å². The normalized spacial score (nSPS) is 11.2. The summed E-state index contributed by atoms with van der Waals surface area (Å²) in [6, 6.07) is 13.1. The second-order valence-electron chi connectivity index (χ2n) is 10.1. The predicted octanol–water partition coefficient (Wildman–Crippen LogP) is 5.42. The largest absolute Gasteiger partial charge is 0.366 e. The smallest absolute Gasteiger partial charge is 0.250 e. The molecule has 2 N–H and O–H groups in total. The topological polar surface area (TPSA) is 111 Å². The third-order valence-corrected chi connectivity index (χ3v) is 7.58. The number of benzene rings is 1. The predicted molar refractivity (Wildman–Crippen MR) is 152 cm³/mol. The lowest BCUT2D eigenvalue weighted by atomic mass is 10.1. The number of rotatable bonds is 12. The number of nitrogens with zero attached hydrogens (tertiary/aromatic N) is 3. The summed E-state index contributed by atoms with van der Waals surface area (Å²) < 4.78 is 7.37. The van der Waals surface area contributed by atoms with Gasteiger partial charge in [-0.2, -0.15) is 11.3 Å². The number of carbonyl (C=O) groups excluding carboxylic acids is 3. The van der Waals surface area contributed by atoms with Crippen LogP contribution < -0.4 is 5.73 Å². The summed E-state index contributed by atoms with van der Waals surface area (Å²) in [5, 5.41) is 8.10. The van der Waals surface area contributed by atoms with Gasteiger partial charge in [0, 0.05) is 23.4 Å². The summed E-state index contributed by atoms with van der Waals surface area (Å²) in [4.78, 5) is 41.0. The molecule has 0 fully saturated rings. The molecule has 0 aliphatic heterocycles. The first-order valence-corrected chi connectivity index (χ1v) is 13.9. The summed E-state index contributed by atoms with van der Waals surface area (Å²) >= 11 is 1.52. The summed E-state index contributed by atoms with van der Waals surface area (Å²) in [6.07, 6.45) is 0.997. The molecule has 0 unspecified atom stereocenters. The number of amides is 2. The fourth-order valence-corrected chi connectivity index (χ4v) is 5.23. The van der Waals surface area contributed by atoms with Gasteiger partial charge < -0.3 is 19.7 Å². The first-order chi connectivity index (χ1) is 18.7. The van der Waals surface area contributed by atoms with E-state index in [1.54, 1.807) is 24.8 Å². The van der Waals surface area contributed by atoms with Crippen molar-refractivity contribution in [1.29, 1.82) is 0 Å². The Hall–Kier alpha value is -3.98. The van der Waals surface area contributed by atoms with Gasteiger partial charge in [0.25, 0.3) is 5.91 Å². The van der Waals surface area contributed by atoms with Crippen molar-refractivity contribution in [3.8, 4) is 11.3 Å². The highest BCUT2D eigenvalue weighted by Gasteiger charge is 2.27. The zero-order valence-corrected chi connectivity index (χ0v) is 23.6. The molecule has 3 heterocycles. The Bertz CT molecular complexity index is 1450. The first-order valence-electron chi connectivity index (χ1n) is 13.0. The average molecular weight is 547 g/mol. The van der Waals surface area contributed by atoms with Gasteiger partial charge in [-0.15, -0.1) is 0 Å². The molecule has 1 aromatic carbocycles. The minimum Gasteiger partial charge on any atom is -0.366 e. The lowest BCUT2D eigenvalue weighted by molar-refractivity contribution is -0.130. The fraction of sp³-hybridized carbons (Fsp3) is 0.333. The molecule has 0 bridgehead atoms. The molecule has 3 aromatic heterocycles. The summed E-state index contributed by atoms with van der Waals surface area (Å²) in [5.74, 6) is -0.0371. The van der Waals surface area contributed by atoms with Gasteiger partial charge in [0.15, 0.2) is 5.78 Å². The summed E-state index contributed by atoms with van der Waals surface area (Å²) in [5.41, 5.74) is 10.1. The van der Waals surface area contributed by atoms with Crippen LogP contribution >= 0.6 is 11.3 Å². The summed E-state index contributed by atoms with van der Waals surface area (Å²) in [7, 11) is 0. The highest BCUT2D eigenvalue weighted by Crippen LogP contribution is 2.27. The SMILES string of the molecule is Cc1onc(-c2ccccc2)c1CN(CC(=O)c1cc(C(N)=O)c(C)n1CCC(C)C)C(=O)Cc1ccsc1. The third-order valence-electron chi connectivity index (χ3n) is 6.85. The van der Waals surface area contributed by atoms with Crippen LogP contribution in [0.15, 0.2) is 57.7 Å². The fourth-order valence-electron chi connectivity index (χ4n) is 4.56. The number of hydrogen-bond donors (Lipinski definition) is 1. The van der Waals surface area contributed by atoms with E-state index in [9.17, 15) is 14.4 Å². The van der Waals surface area contributed by atoms with Gasteiger partial charge in [-0.1, -0.05) is 49.3 Å². The molecule has 0 aliphatic carbocycles. The molecule has 2 amide bonds. The second-order valence-corrected chi connectivity index (χ2v) is 10.9. The maximum atomic E-state index is 13.8. The number of primary amides is 1. The van der Waals surface area contributed by atoms with Crippen molar-refractivity contribution in [1.82, 2.24) is 14.6 Å². The number of Topliss-reactive ketones (excluding diaryl/α,β-unsaturated/α-hetero) is 1. The van der Waals surface area contributed by atoms with Crippen LogP contribution in [0.3, 0.4) is 0 Å². The van der Waals surface area contributed by atoms with Gasteiger partial charge in [0.1, 0.15) is 11.5 Å². The van der Waals surface area contributed by atoms with Crippen molar-refractivity contribution in [3.63, 3.8) is 0 Å². The van der Waals surface area contributed by atoms with E-state index in [1.165, 1.54) is 11.3 Å². The maximum Gasteiger partial charge on any atom is 0.250 e. The van der Waals surface area contributed by atoms with E-state index >= 15 is 0 Å². The van der Waals surface area contributed by atoms with Gasteiger partial charge in [-0.05, 0) is 54.6 Å². The Morgan fingerprint density at radius 3 is 2.51 bits per heavy atom. The number of aryl methyl sites for hydroxylation is 1. The third kappa shape index (κ3) is 6.54. The lowest BCUT2D eigenvalue weighted by Gasteiger charge is -2.23. The minimum absolute atomic E-state index is 0.155. The Morgan fingerprint density at radius 1 is 1.13 bits per heavy atom. The monoisotopic (exact) mass is 546 g/mol. The number of ketones is 1. The Balaban J connectivity index is 1.68. The number of aromatic nitrogens is 2. The van der Waals surface area contributed by atoms with Crippen LogP contribution in [0.1, 0.15) is 63.7 Å². The Kier molecular flexibility index (Phi) is 8.81. The van der Waals surface area contributed by atoms with Gasteiger partial charge in [0.2, 0.25) is 5.91 Å². The van der Waals surface area contributed by atoms with Crippen molar-refractivity contribution in [3.05, 3.63) is 87.1 Å². The molecule has 0 spiro atoms. The van der Waals surface area contributed by atoms with Crippen molar-refractivity contribution in [2.45, 2.75) is 53.6 Å². The Morgan fingerprint density at radius 2 is 1.87 bits per heavy atom. The summed E-state index contributed by atoms with van der Waals surface area (Å²) in [6.45, 7) is 8.37. The maximum absolute atomic E-state index is 13.8. The van der Waals surface area contributed by atoms with Crippen LogP contribution in [0.2, 0.25) is 0 Å². The van der Waals surface area contributed by atoms with Crippen molar-refractivity contribution in [2.75, 3.05) is 6.54 Å². The molecule has 8 nitrogen and oxygen atoms in total.